The molecule has 0 bridgehead atoms. The summed E-state index contributed by atoms with van der Waals surface area (Å²) in [6.07, 6.45) is 5.01. The van der Waals surface area contributed by atoms with Gasteiger partial charge < -0.3 is 5.11 Å². The van der Waals surface area contributed by atoms with E-state index in [-0.39, 0.29) is 6.10 Å². The molecule has 2 fully saturated rings. The molecule has 1 heteroatoms. The highest BCUT2D eigenvalue weighted by molar-refractivity contribution is 5.31. The number of aliphatic hydroxyl groups is 1. The van der Waals surface area contributed by atoms with Crippen LogP contribution in [0.4, 0.5) is 0 Å². The molecule has 1 nitrogen and oxygen atoms in total. The van der Waals surface area contributed by atoms with E-state index < -0.39 is 0 Å². The molecule has 0 aromatic carbocycles. The second-order valence-electron chi connectivity index (χ2n) is 3.51. The van der Waals surface area contributed by atoms with Gasteiger partial charge in [0.15, 0.2) is 0 Å². The Morgan fingerprint density at radius 2 is 2.10 bits per heavy atom. The molecular formula is C9H14O. The quantitative estimate of drug-likeness (QED) is 0.577. The molecule has 2 saturated carbocycles. The van der Waals surface area contributed by atoms with Crippen LogP contribution in [-0.4, -0.2) is 11.2 Å². The van der Waals surface area contributed by atoms with Crippen LogP contribution >= 0.6 is 0 Å². The Hall–Kier alpha value is -0.300. The van der Waals surface area contributed by atoms with E-state index in [9.17, 15) is 5.11 Å². The maximum Gasteiger partial charge on any atom is 0.0727 e. The summed E-state index contributed by atoms with van der Waals surface area (Å²) in [4.78, 5) is 0. The number of hydrogen-bond acceptors (Lipinski definition) is 1. The van der Waals surface area contributed by atoms with Crippen LogP contribution in [0.5, 0.6) is 0 Å². The molecule has 0 aromatic rings. The van der Waals surface area contributed by atoms with Crippen molar-refractivity contribution in [1.82, 2.24) is 0 Å². The van der Waals surface area contributed by atoms with Crippen molar-refractivity contribution in [2.75, 3.05) is 0 Å². The summed E-state index contributed by atoms with van der Waals surface area (Å²) < 4.78 is 0. The van der Waals surface area contributed by atoms with E-state index in [0.717, 1.165) is 5.92 Å². The van der Waals surface area contributed by atoms with Crippen LogP contribution in [0.1, 0.15) is 32.6 Å². The van der Waals surface area contributed by atoms with E-state index in [1.54, 1.807) is 5.57 Å². The fourth-order valence-corrected chi connectivity index (χ4v) is 1.67. The van der Waals surface area contributed by atoms with Crippen LogP contribution in [0.15, 0.2) is 11.1 Å². The summed E-state index contributed by atoms with van der Waals surface area (Å²) in [5, 5.41) is 9.38. The highest BCUT2D eigenvalue weighted by Crippen LogP contribution is 2.45. The zero-order valence-corrected chi connectivity index (χ0v) is 6.43. The number of allylic oxidation sites excluding steroid dienone is 1. The first-order chi connectivity index (χ1) is 4.79. The summed E-state index contributed by atoms with van der Waals surface area (Å²) in [7, 11) is 0. The molecule has 0 spiro atoms. The zero-order chi connectivity index (χ0) is 7.14. The minimum atomic E-state index is -0.162. The third-order valence-corrected chi connectivity index (χ3v) is 2.38. The van der Waals surface area contributed by atoms with Crippen molar-refractivity contribution < 1.29 is 5.11 Å². The van der Waals surface area contributed by atoms with Crippen LogP contribution < -0.4 is 0 Å². The molecule has 0 aromatic heterocycles. The van der Waals surface area contributed by atoms with E-state index in [2.05, 4.69) is 0 Å². The van der Waals surface area contributed by atoms with Crippen LogP contribution in [0.2, 0.25) is 0 Å². The van der Waals surface area contributed by atoms with E-state index in [4.69, 9.17) is 0 Å². The van der Waals surface area contributed by atoms with Crippen molar-refractivity contribution >= 4 is 0 Å². The number of rotatable bonds is 2. The third kappa shape index (κ3) is 1.10. The average molecular weight is 138 g/mol. The Morgan fingerprint density at radius 1 is 1.50 bits per heavy atom. The van der Waals surface area contributed by atoms with Gasteiger partial charge in [-0.25, -0.2) is 0 Å². The Morgan fingerprint density at radius 3 is 2.40 bits per heavy atom. The lowest BCUT2D eigenvalue weighted by Gasteiger charge is -2.07. The molecule has 1 unspecified atom stereocenters. The topological polar surface area (TPSA) is 20.2 Å². The van der Waals surface area contributed by atoms with Crippen molar-refractivity contribution in [2.45, 2.75) is 38.7 Å². The first-order valence-corrected chi connectivity index (χ1v) is 4.19. The molecule has 2 aliphatic carbocycles. The Bertz CT molecular complexity index is 165. The third-order valence-electron chi connectivity index (χ3n) is 2.38. The van der Waals surface area contributed by atoms with Gasteiger partial charge in [-0.05, 0) is 44.1 Å². The summed E-state index contributed by atoms with van der Waals surface area (Å²) in [5.74, 6) is 0.775. The van der Waals surface area contributed by atoms with Crippen molar-refractivity contribution in [2.24, 2.45) is 5.92 Å². The molecule has 2 rings (SSSR count). The Kier molecular flexibility index (Phi) is 1.34. The molecule has 0 aliphatic heterocycles. The van der Waals surface area contributed by atoms with Crippen LogP contribution in [-0.2, 0) is 0 Å². The lowest BCUT2D eigenvalue weighted by Crippen LogP contribution is -2.06. The minimum absolute atomic E-state index is 0.162. The standard InChI is InChI=1S/C9H14O/c1-6(10)9(7-2-3-7)8-4-5-8/h6-7,10H,2-5H2,1H3. The number of aliphatic hydroxyl groups excluding tert-OH is 1. The van der Waals surface area contributed by atoms with Crippen LogP contribution in [0.25, 0.3) is 0 Å². The molecule has 1 atom stereocenters. The maximum absolute atomic E-state index is 9.38. The predicted molar refractivity (Wildman–Crippen MR) is 40.7 cm³/mol. The lowest BCUT2D eigenvalue weighted by molar-refractivity contribution is 0.224. The largest absolute Gasteiger partial charge is 0.389 e. The van der Waals surface area contributed by atoms with Crippen LogP contribution in [0.3, 0.4) is 0 Å². The van der Waals surface area contributed by atoms with Gasteiger partial charge in [0.05, 0.1) is 6.10 Å². The van der Waals surface area contributed by atoms with Gasteiger partial charge in [0.2, 0.25) is 0 Å². The van der Waals surface area contributed by atoms with Gasteiger partial charge in [0.25, 0.3) is 0 Å². The lowest BCUT2D eigenvalue weighted by atomic mass is 10.1. The molecule has 56 valence electrons. The van der Waals surface area contributed by atoms with Crippen LogP contribution in [0, 0.1) is 5.92 Å². The van der Waals surface area contributed by atoms with Gasteiger partial charge in [-0.1, -0.05) is 5.57 Å². The monoisotopic (exact) mass is 138 g/mol. The zero-order valence-electron chi connectivity index (χ0n) is 6.43. The Labute approximate surface area is 61.8 Å². The van der Waals surface area contributed by atoms with E-state index in [1.165, 1.54) is 31.3 Å². The highest BCUT2D eigenvalue weighted by Gasteiger charge is 2.33. The average Bonchev–Trinajstić information content (AvgIpc) is 2.49. The predicted octanol–water partition coefficient (Wildman–Crippen LogP) is 1.87. The van der Waals surface area contributed by atoms with Gasteiger partial charge in [0.1, 0.15) is 0 Å². The SMILES string of the molecule is CC(O)C(=C1CC1)C1CC1. The van der Waals surface area contributed by atoms with Gasteiger partial charge in [-0.2, -0.15) is 0 Å². The molecular weight excluding hydrogens is 124 g/mol. The highest BCUT2D eigenvalue weighted by atomic mass is 16.3. The van der Waals surface area contributed by atoms with E-state index in [1.807, 2.05) is 6.92 Å². The normalized spacial score (nSPS) is 26.4. The second kappa shape index (κ2) is 2.09. The summed E-state index contributed by atoms with van der Waals surface area (Å²) in [6, 6.07) is 0. The summed E-state index contributed by atoms with van der Waals surface area (Å²) in [5.41, 5.74) is 2.94. The Balaban J connectivity index is 2.14. The minimum Gasteiger partial charge on any atom is -0.389 e. The fraction of sp³-hybridized carbons (Fsp3) is 0.778. The molecule has 0 saturated heterocycles. The fourth-order valence-electron chi connectivity index (χ4n) is 1.67. The van der Waals surface area contributed by atoms with Crippen molar-refractivity contribution in [3.8, 4) is 0 Å². The molecule has 1 N–H and O–H groups in total. The van der Waals surface area contributed by atoms with Crippen molar-refractivity contribution in [3.63, 3.8) is 0 Å². The van der Waals surface area contributed by atoms with Gasteiger partial charge in [-0.15, -0.1) is 0 Å². The maximum atomic E-state index is 9.38. The van der Waals surface area contributed by atoms with E-state index in [0.29, 0.717) is 0 Å². The molecule has 0 amide bonds. The van der Waals surface area contributed by atoms with Gasteiger partial charge >= 0.3 is 0 Å². The molecule has 0 heterocycles. The number of hydrogen-bond donors (Lipinski definition) is 1. The van der Waals surface area contributed by atoms with Gasteiger partial charge in [-0.3, -0.25) is 0 Å². The molecule has 2 aliphatic rings. The van der Waals surface area contributed by atoms with Crippen molar-refractivity contribution in [3.05, 3.63) is 11.1 Å². The molecule has 10 heavy (non-hydrogen) atoms. The summed E-state index contributed by atoms with van der Waals surface area (Å²) >= 11 is 0. The smallest absolute Gasteiger partial charge is 0.0727 e. The van der Waals surface area contributed by atoms with Crippen molar-refractivity contribution in [1.29, 1.82) is 0 Å². The first-order valence-electron chi connectivity index (χ1n) is 4.19. The van der Waals surface area contributed by atoms with E-state index >= 15 is 0 Å². The second-order valence-corrected chi connectivity index (χ2v) is 3.51. The molecule has 0 radical (unpaired) electrons. The first kappa shape index (κ1) is 6.41. The van der Waals surface area contributed by atoms with Gasteiger partial charge in [0, 0.05) is 0 Å². The summed E-state index contributed by atoms with van der Waals surface area (Å²) in [6.45, 7) is 1.90.